The highest BCUT2D eigenvalue weighted by molar-refractivity contribution is 5.95. The van der Waals surface area contributed by atoms with Gasteiger partial charge in [-0.1, -0.05) is 43.3 Å². The zero-order chi connectivity index (χ0) is 21.6. The number of amides is 2. The summed E-state index contributed by atoms with van der Waals surface area (Å²) in [6.45, 7) is 8.26. The highest BCUT2D eigenvalue weighted by Gasteiger charge is 2.27. The fourth-order valence-electron chi connectivity index (χ4n) is 3.49. The first-order valence-electron chi connectivity index (χ1n) is 10.4. The lowest BCUT2D eigenvalue weighted by atomic mass is 9.92. The van der Waals surface area contributed by atoms with Crippen LogP contribution in [0.15, 0.2) is 48.5 Å². The van der Waals surface area contributed by atoms with Gasteiger partial charge in [-0.05, 0) is 62.4 Å². The van der Waals surface area contributed by atoms with Gasteiger partial charge in [0.15, 0.2) is 0 Å². The van der Waals surface area contributed by atoms with E-state index >= 15 is 0 Å². The van der Waals surface area contributed by atoms with E-state index in [1.165, 1.54) is 11.1 Å². The number of carbonyl (C=O) groups excluding carboxylic acids is 2. The first-order valence-corrected chi connectivity index (χ1v) is 10.4. The molecule has 0 spiro atoms. The van der Waals surface area contributed by atoms with Gasteiger partial charge in [-0.2, -0.15) is 0 Å². The molecule has 0 radical (unpaired) electrons. The molecule has 2 amide bonds. The maximum Gasteiger partial charge on any atom is 0.230 e. The second-order valence-electron chi connectivity index (χ2n) is 8.17. The summed E-state index contributed by atoms with van der Waals surface area (Å²) < 4.78 is 0. The molecule has 0 aromatic heterocycles. The number of aryl methyl sites for hydroxylation is 1. The number of hydrogen-bond acceptors (Lipinski definition) is 2. The zero-order valence-electron chi connectivity index (χ0n) is 18.6. The molecular formula is C25H34N2O2. The largest absolute Gasteiger partial charge is 0.349 e. The maximum absolute atomic E-state index is 13.4. The summed E-state index contributed by atoms with van der Waals surface area (Å²) in [6.07, 6.45) is 1.92. The van der Waals surface area contributed by atoms with Crippen molar-refractivity contribution in [1.29, 1.82) is 0 Å². The van der Waals surface area contributed by atoms with E-state index < -0.39 is 0 Å². The molecule has 0 saturated heterocycles. The van der Waals surface area contributed by atoms with E-state index in [4.69, 9.17) is 0 Å². The Kier molecular flexibility index (Phi) is 8.00. The molecule has 0 saturated carbocycles. The Bertz CT molecular complexity index is 825. The lowest BCUT2D eigenvalue weighted by Gasteiger charge is -2.31. The number of carbonyl (C=O) groups is 2. The van der Waals surface area contributed by atoms with Gasteiger partial charge in [0.25, 0.3) is 0 Å². The first-order chi connectivity index (χ1) is 13.7. The molecule has 0 N–H and O–H groups in total. The summed E-state index contributed by atoms with van der Waals surface area (Å²) in [4.78, 5) is 28.9. The molecule has 0 fully saturated rings. The topological polar surface area (TPSA) is 40.6 Å². The molecule has 0 aliphatic heterocycles. The van der Waals surface area contributed by atoms with Gasteiger partial charge in [-0.3, -0.25) is 9.59 Å². The van der Waals surface area contributed by atoms with Crippen molar-refractivity contribution in [3.63, 3.8) is 0 Å². The number of likely N-dealkylation sites (N-methyl/N-ethyl adjacent to an activating group) is 1. The number of rotatable bonds is 8. The lowest BCUT2D eigenvalue weighted by molar-refractivity contribution is -0.128. The quantitative estimate of drug-likeness (QED) is 0.655. The fraction of sp³-hybridized carbons (Fsp3) is 0.440. The summed E-state index contributed by atoms with van der Waals surface area (Å²) in [5.41, 5.74) is 4.29. The molecule has 156 valence electrons. The third-order valence-electron chi connectivity index (χ3n) is 5.39. The van der Waals surface area contributed by atoms with Crippen molar-refractivity contribution in [2.75, 3.05) is 19.0 Å². The second kappa shape index (κ2) is 10.2. The monoisotopic (exact) mass is 394 g/mol. The average Bonchev–Trinajstić information content (AvgIpc) is 2.68. The van der Waals surface area contributed by atoms with Gasteiger partial charge < -0.3 is 9.80 Å². The van der Waals surface area contributed by atoms with Crippen LogP contribution in [-0.2, 0) is 22.4 Å². The molecule has 0 aliphatic rings. The smallest absolute Gasteiger partial charge is 0.230 e. The van der Waals surface area contributed by atoms with E-state index in [-0.39, 0.29) is 23.8 Å². The number of nitrogens with zero attached hydrogens (tertiary/aromatic N) is 2. The molecule has 2 aromatic carbocycles. The van der Waals surface area contributed by atoms with Crippen molar-refractivity contribution < 1.29 is 9.59 Å². The highest BCUT2D eigenvalue weighted by atomic mass is 16.2. The molecule has 0 aliphatic carbocycles. The summed E-state index contributed by atoms with van der Waals surface area (Å²) in [6, 6.07) is 16.1. The predicted molar refractivity (Wildman–Crippen MR) is 120 cm³/mol. The number of anilines is 1. The van der Waals surface area contributed by atoms with E-state index in [2.05, 4.69) is 26.0 Å². The molecule has 2 aromatic rings. The highest BCUT2D eigenvalue weighted by Crippen LogP contribution is 2.25. The Labute approximate surface area is 175 Å². The van der Waals surface area contributed by atoms with Crippen molar-refractivity contribution in [2.45, 2.75) is 53.0 Å². The Balaban J connectivity index is 2.21. The Morgan fingerprint density at radius 1 is 0.966 bits per heavy atom. The molecule has 1 unspecified atom stereocenters. The van der Waals surface area contributed by atoms with E-state index in [9.17, 15) is 9.59 Å². The summed E-state index contributed by atoms with van der Waals surface area (Å²) in [5, 5.41) is 0. The van der Waals surface area contributed by atoms with Gasteiger partial charge in [0.05, 0.1) is 6.42 Å². The summed E-state index contributed by atoms with van der Waals surface area (Å²) >= 11 is 0. The Morgan fingerprint density at radius 3 is 2.10 bits per heavy atom. The molecule has 4 heteroatoms. The Morgan fingerprint density at radius 2 is 1.59 bits per heavy atom. The van der Waals surface area contributed by atoms with E-state index in [1.807, 2.05) is 55.1 Å². The minimum Gasteiger partial charge on any atom is -0.349 e. The van der Waals surface area contributed by atoms with Crippen LogP contribution in [0.3, 0.4) is 0 Å². The van der Waals surface area contributed by atoms with Crippen molar-refractivity contribution in [2.24, 2.45) is 5.92 Å². The third kappa shape index (κ3) is 5.93. The number of hydrogen-bond donors (Lipinski definition) is 0. The summed E-state index contributed by atoms with van der Waals surface area (Å²) in [5.74, 6) is 0.162. The Hall–Kier alpha value is -2.62. The van der Waals surface area contributed by atoms with Gasteiger partial charge in [0.1, 0.15) is 0 Å². The van der Waals surface area contributed by atoms with Crippen LogP contribution < -0.4 is 4.90 Å². The van der Waals surface area contributed by atoms with Crippen molar-refractivity contribution in [3.8, 4) is 0 Å². The second-order valence-corrected chi connectivity index (χ2v) is 8.17. The van der Waals surface area contributed by atoms with E-state index in [1.54, 1.807) is 19.0 Å². The van der Waals surface area contributed by atoms with Gasteiger partial charge in [-0.15, -0.1) is 0 Å². The molecule has 29 heavy (non-hydrogen) atoms. The van der Waals surface area contributed by atoms with Gasteiger partial charge in [-0.25, -0.2) is 0 Å². The molecule has 2 rings (SSSR count). The van der Waals surface area contributed by atoms with Crippen LogP contribution in [0.25, 0.3) is 0 Å². The first kappa shape index (κ1) is 22.7. The predicted octanol–water partition coefficient (Wildman–Crippen LogP) is 4.64. The zero-order valence-corrected chi connectivity index (χ0v) is 18.6. The van der Waals surface area contributed by atoms with Crippen LogP contribution in [0.4, 0.5) is 5.69 Å². The van der Waals surface area contributed by atoms with E-state index in [0.29, 0.717) is 6.42 Å². The average molecular weight is 395 g/mol. The molecule has 0 bridgehead atoms. The van der Waals surface area contributed by atoms with Crippen molar-refractivity contribution >= 4 is 17.5 Å². The van der Waals surface area contributed by atoms with Crippen LogP contribution in [0, 0.1) is 12.8 Å². The fourth-order valence-corrected chi connectivity index (χ4v) is 3.49. The summed E-state index contributed by atoms with van der Waals surface area (Å²) in [7, 11) is 3.52. The van der Waals surface area contributed by atoms with Gasteiger partial charge in [0.2, 0.25) is 11.8 Å². The maximum atomic E-state index is 13.4. The van der Waals surface area contributed by atoms with Crippen LogP contribution in [0.2, 0.25) is 0 Å². The molecule has 1 atom stereocenters. The lowest BCUT2D eigenvalue weighted by Crippen LogP contribution is -2.41. The van der Waals surface area contributed by atoms with Crippen molar-refractivity contribution in [3.05, 3.63) is 65.2 Å². The third-order valence-corrected chi connectivity index (χ3v) is 5.39. The van der Waals surface area contributed by atoms with E-state index in [0.717, 1.165) is 24.1 Å². The number of benzene rings is 2. The minimum atomic E-state index is -0.0616. The van der Waals surface area contributed by atoms with Crippen molar-refractivity contribution in [1.82, 2.24) is 4.90 Å². The normalized spacial score (nSPS) is 12.0. The molecular weight excluding hydrogens is 360 g/mol. The van der Waals surface area contributed by atoms with Crippen LogP contribution in [0.5, 0.6) is 0 Å². The van der Waals surface area contributed by atoms with Crippen LogP contribution in [0.1, 0.15) is 43.9 Å². The van der Waals surface area contributed by atoms with Gasteiger partial charge >= 0.3 is 0 Å². The van der Waals surface area contributed by atoms with Crippen LogP contribution in [-0.4, -0.2) is 36.9 Å². The molecule has 4 nitrogen and oxygen atoms in total. The minimum absolute atomic E-state index is 0.0580. The SMILES string of the molecule is CCC(Cc1ccccc1C)C(=O)N(c1ccc(CC(=O)N(C)C)cc1)C(C)C. The molecule has 0 heterocycles. The standard InChI is InChI=1S/C25H34N2O2/c1-7-21(17-22-11-9-8-10-19(22)4)25(29)27(18(2)3)23-14-12-20(13-15-23)16-24(28)26(5)6/h8-15,18,21H,7,16-17H2,1-6H3. The van der Waals surface area contributed by atoms with Crippen LogP contribution >= 0.6 is 0 Å². The van der Waals surface area contributed by atoms with Gasteiger partial charge in [0, 0.05) is 31.7 Å².